The summed E-state index contributed by atoms with van der Waals surface area (Å²) in [5.74, 6) is 1.28. The lowest BCUT2D eigenvalue weighted by Gasteiger charge is -2.05. The van der Waals surface area contributed by atoms with E-state index in [9.17, 15) is 0 Å². The molecule has 0 fully saturated rings. The van der Waals surface area contributed by atoms with Crippen molar-refractivity contribution in [3.8, 4) is 11.6 Å². The summed E-state index contributed by atoms with van der Waals surface area (Å²) in [6, 6.07) is 3.56. The van der Waals surface area contributed by atoms with Crippen molar-refractivity contribution in [1.29, 1.82) is 0 Å². The molecular weight excluding hydrogens is 180 g/mol. The summed E-state index contributed by atoms with van der Waals surface area (Å²) in [5, 5.41) is 4.05. The van der Waals surface area contributed by atoms with Crippen LogP contribution in [0.25, 0.3) is 5.82 Å². The van der Waals surface area contributed by atoms with Gasteiger partial charge in [-0.3, -0.25) is 0 Å². The van der Waals surface area contributed by atoms with Crippen molar-refractivity contribution in [2.45, 2.75) is 0 Å². The van der Waals surface area contributed by atoms with E-state index in [0.717, 1.165) is 0 Å². The molecule has 2 N–H and O–H groups in total. The first kappa shape index (κ1) is 8.55. The maximum absolute atomic E-state index is 5.64. The van der Waals surface area contributed by atoms with Crippen LogP contribution in [0.1, 0.15) is 0 Å². The highest BCUT2D eigenvalue weighted by Gasteiger charge is 2.03. The Hall–Kier alpha value is -2.04. The van der Waals surface area contributed by atoms with Crippen molar-refractivity contribution < 1.29 is 4.74 Å². The average Bonchev–Trinajstić information content (AvgIpc) is 2.71. The third-order valence-corrected chi connectivity index (χ3v) is 1.84. The van der Waals surface area contributed by atoms with Crippen LogP contribution in [-0.4, -0.2) is 21.9 Å². The molecule has 72 valence electrons. The molecule has 2 aromatic heterocycles. The van der Waals surface area contributed by atoms with E-state index in [0.29, 0.717) is 17.3 Å². The second-order valence-electron chi connectivity index (χ2n) is 2.74. The summed E-state index contributed by atoms with van der Waals surface area (Å²) in [7, 11) is 1.57. The highest BCUT2D eigenvalue weighted by atomic mass is 16.5. The van der Waals surface area contributed by atoms with Crippen LogP contribution >= 0.6 is 0 Å². The number of methoxy groups -OCH3 is 1. The molecule has 5 nitrogen and oxygen atoms in total. The van der Waals surface area contributed by atoms with Gasteiger partial charge in [-0.05, 0) is 6.07 Å². The lowest BCUT2D eigenvalue weighted by molar-refractivity contribution is 0.416. The van der Waals surface area contributed by atoms with Crippen LogP contribution in [0, 0.1) is 0 Å². The summed E-state index contributed by atoms with van der Waals surface area (Å²) in [4.78, 5) is 4.12. The first-order chi connectivity index (χ1) is 6.81. The summed E-state index contributed by atoms with van der Waals surface area (Å²) in [5.41, 5.74) is 6.15. The molecule has 2 rings (SSSR count). The maximum Gasteiger partial charge on any atom is 0.157 e. The molecule has 0 bridgehead atoms. The first-order valence-electron chi connectivity index (χ1n) is 4.11. The first-order valence-corrected chi connectivity index (χ1v) is 4.11. The molecule has 0 unspecified atom stereocenters. The summed E-state index contributed by atoms with van der Waals surface area (Å²) in [6.45, 7) is 0. The standard InChI is InChI=1S/C9H10N4O/c1-14-8-5-9(11-6-7(8)10)13-4-2-3-12-13/h2-6H,10H2,1H3. The monoisotopic (exact) mass is 190 g/mol. The van der Waals surface area contributed by atoms with E-state index in [2.05, 4.69) is 10.1 Å². The molecule has 0 spiro atoms. The van der Waals surface area contributed by atoms with Crippen molar-refractivity contribution in [3.05, 3.63) is 30.7 Å². The van der Waals surface area contributed by atoms with Gasteiger partial charge in [-0.2, -0.15) is 5.10 Å². The number of hydrogen-bond donors (Lipinski definition) is 1. The van der Waals surface area contributed by atoms with E-state index in [1.165, 1.54) is 0 Å². The number of nitrogen functional groups attached to an aromatic ring is 1. The molecule has 0 aliphatic carbocycles. The van der Waals surface area contributed by atoms with Gasteiger partial charge >= 0.3 is 0 Å². The lowest BCUT2D eigenvalue weighted by atomic mass is 10.4. The Morgan fingerprint density at radius 2 is 2.36 bits per heavy atom. The molecular formula is C9H10N4O. The Kier molecular flexibility index (Phi) is 2.06. The second-order valence-corrected chi connectivity index (χ2v) is 2.74. The minimum absolute atomic E-state index is 0.517. The van der Waals surface area contributed by atoms with Gasteiger partial charge in [0.1, 0.15) is 5.75 Å². The van der Waals surface area contributed by atoms with Crippen LogP contribution in [0.15, 0.2) is 30.7 Å². The maximum atomic E-state index is 5.64. The number of anilines is 1. The average molecular weight is 190 g/mol. The molecule has 0 saturated heterocycles. The fraction of sp³-hybridized carbons (Fsp3) is 0.111. The molecule has 0 amide bonds. The van der Waals surface area contributed by atoms with Crippen LogP contribution in [0.4, 0.5) is 5.69 Å². The number of rotatable bonds is 2. The van der Waals surface area contributed by atoms with Gasteiger partial charge in [-0.15, -0.1) is 0 Å². The van der Waals surface area contributed by atoms with Gasteiger partial charge in [0.2, 0.25) is 0 Å². The molecule has 0 aromatic carbocycles. The third kappa shape index (κ3) is 1.39. The van der Waals surface area contributed by atoms with Gasteiger partial charge in [0.25, 0.3) is 0 Å². The van der Waals surface area contributed by atoms with E-state index in [1.807, 2.05) is 6.07 Å². The molecule has 0 radical (unpaired) electrons. The Balaban J connectivity index is 2.46. The Bertz CT molecular complexity index is 424. The van der Waals surface area contributed by atoms with E-state index in [-0.39, 0.29) is 0 Å². The van der Waals surface area contributed by atoms with Crippen molar-refractivity contribution in [1.82, 2.24) is 14.8 Å². The molecule has 0 aliphatic heterocycles. The highest BCUT2D eigenvalue weighted by Crippen LogP contribution is 2.21. The molecule has 2 aromatic rings. The third-order valence-electron chi connectivity index (χ3n) is 1.84. The summed E-state index contributed by atoms with van der Waals surface area (Å²) in [6.07, 6.45) is 5.04. The van der Waals surface area contributed by atoms with E-state index >= 15 is 0 Å². The Labute approximate surface area is 81.1 Å². The predicted octanol–water partition coefficient (Wildman–Crippen LogP) is 0.858. The van der Waals surface area contributed by atoms with Crippen LogP contribution in [0.3, 0.4) is 0 Å². The minimum Gasteiger partial charge on any atom is -0.494 e. The lowest BCUT2D eigenvalue weighted by Crippen LogP contribution is -2.00. The van der Waals surface area contributed by atoms with Crippen molar-refractivity contribution in [3.63, 3.8) is 0 Å². The number of aromatic nitrogens is 3. The number of ether oxygens (including phenoxy) is 1. The van der Waals surface area contributed by atoms with E-state index in [4.69, 9.17) is 10.5 Å². The topological polar surface area (TPSA) is 66.0 Å². The van der Waals surface area contributed by atoms with Gasteiger partial charge in [-0.25, -0.2) is 9.67 Å². The molecule has 0 aliphatic rings. The van der Waals surface area contributed by atoms with Crippen molar-refractivity contribution in [2.75, 3.05) is 12.8 Å². The molecule has 0 saturated carbocycles. The molecule has 2 heterocycles. The van der Waals surface area contributed by atoms with Crippen molar-refractivity contribution >= 4 is 5.69 Å². The molecule has 5 heteroatoms. The van der Waals surface area contributed by atoms with Crippen LogP contribution in [0.5, 0.6) is 5.75 Å². The summed E-state index contributed by atoms with van der Waals surface area (Å²) >= 11 is 0. The summed E-state index contributed by atoms with van der Waals surface area (Å²) < 4.78 is 6.72. The van der Waals surface area contributed by atoms with Gasteiger partial charge in [0.15, 0.2) is 5.82 Å². The fourth-order valence-corrected chi connectivity index (χ4v) is 1.14. The Morgan fingerprint density at radius 3 is 3.00 bits per heavy atom. The fourth-order valence-electron chi connectivity index (χ4n) is 1.14. The largest absolute Gasteiger partial charge is 0.494 e. The van der Waals surface area contributed by atoms with Gasteiger partial charge in [0.05, 0.1) is 19.0 Å². The molecule has 0 atom stereocenters. The SMILES string of the molecule is COc1cc(-n2cccn2)ncc1N. The van der Waals surface area contributed by atoms with Crippen LogP contribution in [-0.2, 0) is 0 Å². The number of nitrogens with two attached hydrogens (primary N) is 1. The predicted molar refractivity (Wildman–Crippen MR) is 52.3 cm³/mol. The van der Waals surface area contributed by atoms with E-state index in [1.54, 1.807) is 36.4 Å². The zero-order chi connectivity index (χ0) is 9.97. The number of hydrogen-bond acceptors (Lipinski definition) is 4. The smallest absolute Gasteiger partial charge is 0.157 e. The highest BCUT2D eigenvalue weighted by molar-refractivity contribution is 5.53. The van der Waals surface area contributed by atoms with Crippen molar-refractivity contribution in [2.24, 2.45) is 0 Å². The normalized spacial score (nSPS) is 10.1. The van der Waals surface area contributed by atoms with Gasteiger partial charge in [0, 0.05) is 18.5 Å². The zero-order valence-corrected chi connectivity index (χ0v) is 7.71. The van der Waals surface area contributed by atoms with E-state index < -0.39 is 0 Å². The minimum atomic E-state index is 0.517. The van der Waals surface area contributed by atoms with Gasteiger partial charge < -0.3 is 10.5 Å². The second kappa shape index (κ2) is 3.37. The number of pyridine rings is 1. The Morgan fingerprint density at radius 1 is 1.50 bits per heavy atom. The van der Waals surface area contributed by atoms with Crippen LogP contribution in [0.2, 0.25) is 0 Å². The zero-order valence-electron chi connectivity index (χ0n) is 7.71. The molecule has 14 heavy (non-hydrogen) atoms. The quantitative estimate of drug-likeness (QED) is 0.762. The van der Waals surface area contributed by atoms with Crippen LogP contribution < -0.4 is 10.5 Å². The number of nitrogens with zero attached hydrogens (tertiary/aromatic N) is 3. The van der Waals surface area contributed by atoms with Gasteiger partial charge in [-0.1, -0.05) is 0 Å².